The Morgan fingerprint density at radius 2 is 1.91 bits per heavy atom. The molecular formula is C10H21N. The third-order valence-electron chi connectivity index (χ3n) is 3.93. The van der Waals surface area contributed by atoms with E-state index in [1.807, 2.05) is 0 Å². The first-order valence-electron chi connectivity index (χ1n) is 4.84. The average Bonchev–Trinajstić information content (AvgIpc) is 2.55. The summed E-state index contributed by atoms with van der Waals surface area (Å²) >= 11 is 0. The highest BCUT2D eigenvalue weighted by molar-refractivity contribution is 5.14. The van der Waals surface area contributed by atoms with E-state index in [1.165, 1.54) is 12.8 Å². The van der Waals surface area contributed by atoms with Gasteiger partial charge in [-0.3, -0.25) is 4.90 Å². The van der Waals surface area contributed by atoms with Crippen molar-refractivity contribution in [1.82, 2.24) is 4.90 Å². The van der Waals surface area contributed by atoms with Crippen LogP contribution in [0.3, 0.4) is 0 Å². The van der Waals surface area contributed by atoms with Crippen molar-refractivity contribution in [2.45, 2.75) is 52.1 Å². The van der Waals surface area contributed by atoms with E-state index in [2.05, 4.69) is 39.6 Å². The number of rotatable bonds is 3. The molecule has 1 aliphatic heterocycles. The summed E-state index contributed by atoms with van der Waals surface area (Å²) in [5.41, 5.74) is 0.550. The summed E-state index contributed by atoms with van der Waals surface area (Å²) in [5, 5.41) is 0. The Labute approximate surface area is 70.8 Å². The first kappa shape index (κ1) is 9.05. The smallest absolute Gasteiger partial charge is 0.0385 e. The van der Waals surface area contributed by atoms with Crippen LogP contribution in [-0.2, 0) is 0 Å². The van der Waals surface area contributed by atoms with E-state index in [0.29, 0.717) is 5.54 Å². The number of nitrogens with zero attached hydrogens (tertiary/aromatic N) is 1. The van der Waals surface area contributed by atoms with E-state index in [0.717, 1.165) is 12.0 Å². The zero-order valence-electron chi connectivity index (χ0n) is 8.52. The average molecular weight is 155 g/mol. The fourth-order valence-electron chi connectivity index (χ4n) is 2.68. The maximum absolute atomic E-state index is 2.52. The molecule has 0 amide bonds. The number of hydrogen-bond acceptors (Lipinski definition) is 1. The lowest BCUT2D eigenvalue weighted by Crippen LogP contribution is -2.25. The van der Waals surface area contributed by atoms with Gasteiger partial charge in [0.25, 0.3) is 0 Å². The maximum atomic E-state index is 2.52. The second kappa shape index (κ2) is 2.78. The minimum absolute atomic E-state index is 0.550. The predicted octanol–water partition coefficient (Wildman–Crippen LogP) is 2.52. The second-order valence-corrected chi connectivity index (χ2v) is 3.94. The molecule has 0 aromatic heterocycles. The minimum atomic E-state index is 0.550. The Hall–Kier alpha value is -0.0400. The first-order valence-corrected chi connectivity index (χ1v) is 4.84. The van der Waals surface area contributed by atoms with E-state index >= 15 is 0 Å². The highest BCUT2D eigenvalue weighted by Crippen LogP contribution is 2.48. The molecule has 0 bridgehead atoms. The zero-order chi connectivity index (χ0) is 8.65. The molecule has 1 saturated heterocycles. The zero-order valence-corrected chi connectivity index (χ0v) is 8.52. The van der Waals surface area contributed by atoms with Gasteiger partial charge in [0.05, 0.1) is 0 Å². The quantitative estimate of drug-likeness (QED) is 0.566. The highest BCUT2D eigenvalue weighted by Gasteiger charge is 2.58. The summed E-state index contributed by atoms with van der Waals surface area (Å²) in [6.45, 7) is 9.33. The Bertz CT molecular complexity index is 134. The van der Waals surface area contributed by atoms with Gasteiger partial charge in [0.15, 0.2) is 0 Å². The fourth-order valence-corrected chi connectivity index (χ4v) is 2.68. The van der Waals surface area contributed by atoms with Crippen LogP contribution in [0.2, 0.25) is 0 Å². The van der Waals surface area contributed by atoms with Crippen LogP contribution in [0.25, 0.3) is 0 Å². The van der Waals surface area contributed by atoms with E-state index in [4.69, 9.17) is 0 Å². The molecule has 1 fully saturated rings. The van der Waals surface area contributed by atoms with Crippen molar-refractivity contribution in [3.63, 3.8) is 0 Å². The van der Waals surface area contributed by atoms with Crippen molar-refractivity contribution in [3.05, 3.63) is 0 Å². The maximum Gasteiger partial charge on any atom is 0.0385 e. The largest absolute Gasteiger partial charge is 0.294 e. The molecule has 0 N–H and O–H groups in total. The standard InChI is InChI=1S/C10H21N/c1-6-8(3)10(7-2)9(4)11(10)5/h8-9H,6-7H2,1-5H3. The molecule has 0 spiro atoms. The van der Waals surface area contributed by atoms with Gasteiger partial charge >= 0.3 is 0 Å². The van der Waals surface area contributed by atoms with Crippen LogP contribution >= 0.6 is 0 Å². The third kappa shape index (κ3) is 1.01. The van der Waals surface area contributed by atoms with Gasteiger partial charge in [-0.1, -0.05) is 27.2 Å². The molecule has 4 atom stereocenters. The first-order chi connectivity index (χ1) is 5.11. The summed E-state index contributed by atoms with van der Waals surface area (Å²) in [6, 6.07) is 0.808. The normalized spacial score (nSPS) is 45.5. The molecule has 0 aromatic carbocycles. The Kier molecular flexibility index (Phi) is 2.29. The topological polar surface area (TPSA) is 3.01 Å². The van der Waals surface area contributed by atoms with Crippen LogP contribution in [0.15, 0.2) is 0 Å². The SMILES string of the molecule is CCC(C)C1(CC)C(C)N1C. The fraction of sp³-hybridized carbons (Fsp3) is 1.00. The monoisotopic (exact) mass is 155 g/mol. The Balaban J connectivity index is 2.65. The van der Waals surface area contributed by atoms with Gasteiger partial charge in [-0.05, 0) is 26.3 Å². The van der Waals surface area contributed by atoms with Crippen molar-refractivity contribution in [1.29, 1.82) is 0 Å². The number of likely N-dealkylation sites (N-methyl/N-ethyl adjacent to an activating group) is 1. The van der Waals surface area contributed by atoms with E-state index < -0.39 is 0 Å². The van der Waals surface area contributed by atoms with Gasteiger partial charge in [-0.25, -0.2) is 0 Å². The van der Waals surface area contributed by atoms with Crippen LogP contribution < -0.4 is 0 Å². The number of hydrogen-bond donors (Lipinski definition) is 0. The van der Waals surface area contributed by atoms with Crippen molar-refractivity contribution in [2.75, 3.05) is 7.05 Å². The molecule has 0 saturated carbocycles. The van der Waals surface area contributed by atoms with Gasteiger partial charge in [-0.2, -0.15) is 0 Å². The highest BCUT2D eigenvalue weighted by atomic mass is 15.4. The van der Waals surface area contributed by atoms with Gasteiger partial charge in [0.1, 0.15) is 0 Å². The van der Waals surface area contributed by atoms with Crippen molar-refractivity contribution >= 4 is 0 Å². The molecular weight excluding hydrogens is 134 g/mol. The Morgan fingerprint density at radius 1 is 1.45 bits per heavy atom. The molecule has 4 unspecified atom stereocenters. The van der Waals surface area contributed by atoms with Crippen molar-refractivity contribution in [2.24, 2.45) is 5.92 Å². The van der Waals surface area contributed by atoms with Crippen LogP contribution in [0.5, 0.6) is 0 Å². The lowest BCUT2D eigenvalue weighted by atomic mass is 9.86. The molecule has 0 radical (unpaired) electrons. The summed E-state index contributed by atoms with van der Waals surface area (Å²) in [4.78, 5) is 2.52. The molecule has 1 rings (SSSR count). The molecule has 1 heterocycles. The molecule has 11 heavy (non-hydrogen) atoms. The lowest BCUT2D eigenvalue weighted by Gasteiger charge is -2.21. The van der Waals surface area contributed by atoms with Crippen molar-refractivity contribution in [3.8, 4) is 0 Å². The summed E-state index contributed by atoms with van der Waals surface area (Å²) in [5.74, 6) is 0.854. The van der Waals surface area contributed by atoms with Gasteiger partial charge in [0, 0.05) is 11.6 Å². The van der Waals surface area contributed by atoms with Crippen molar-refractivity contribution < 1.29 is 0 Å². The van der Waals surface area contributed by atoms with Crippen LogP contribution in [0, 0.1) is 5.92 Å². The van der Waals surface area contributed by atoms with Crippen LogP contribution in [0.1, 0.15) is 40.5 Å². The van der Waals surface area contributed by atoms with Crippen LogP contribution in [-0.4, -0.2) is 23.5 Å². The Morgan fingerprint density at radius 3 is 2.00 bits per heavy atom. The van der Waals surface area contributed by atoms with E-state index in [9.17, 15) is 0 Å². The third-order valence-corrected chi connectivity index (χ3v) is 3.93. The summed E-state index contributed by atoms with van der Waals surface area (Å²) in [6.07, 6.45) is 2.61. The van der Waals surface area contributed by atoms with E-state index in [-0.39, 0.29) is 0 Å². The van der Waals surface area contributed by atoms with E-state index in [1.54, 1.807) is 0 Å². The minimum Gasteiger partial charge on any atom is -0.294 e. The molecule has 1 heteroatoms. The summed E-state index contributed by atoms with van der Waals surface area (Å²) in [7, 11) is 2.25. The molecule has 66 valence electrons. The molecule has 1 aliphatic rings. The van der Waals surface area contributed by atoms with Gasteiger partial charge < -0.3 is 0 Å². The van der Waals surface area contributed by atoms with Gasteiger partial charge in [0.2, 0.25) is 0 Å². The molecule has 1 nitrogen and oxygen atoms in total. The second-order valence-electron chi connectivity index (χ2n) is 3.94. The molecule has 0 aromatic rings. The van der Waals surface area contributed by atoms with Gasteiger partial charge in [-0.15, -0.1) is 0 Å². The predicted molar refractivity (Wildman–Crippen MR) is 49.7 cm³/mol. The van der Waals surface area contributed by atoms with Crippen LogP contribution in [0.4, 0.5) is 0 Å². The lowest BCUT2D eigenvalue weighted by molar-refractivity contribution is 0.318. The summed E-state index contributed by atoms with van der Waals surface area (Å²) < 4.78 is 0. The molecule has 0 aliphatic carbocycles.